The second kappa shape index (κ2) is 5.23. The topological polar surface area (TPSA) is 6.48 Å². The number of nitrogens with zero attached hydrogens (tertiary/aromatic N) is 2. The Bertz CT molecular complexity index is 359. The van der Waals surface area contributed by atoms with Crippen LogP contribution in [0.1, 0.15) is 65.2 Å². The van der Waals surface area contributed by atoms with Crippen molar-refractivity contribution in [2.24, 2.45) is 16.7 Å². The number of rotatable bonds is 2. The minimum Gasteiger partial charge on any atom is -0.304 e. The normalized spacial score (nSPS) is 34.0. The minimum atomic E-state index is 0.760. The Kier molecular flexibility index (Phi) is 3.61. The third-order valence-electron chi connectivity index (χ3n) is 7.64. The highest BCUT2D eigenvalue weighted by atomic mass is 15.2. The molecule has 0 aromatic carbocycles. The van der Waals surface area contributed by atoms with Crippen LogP contribution < -0.4 is 0 Å². The second-order valence-corrected chi connectivity index (χ2v) is 9.05. The van der Waals surface area contributed by atoms with Crippen LogP contribution in [-0.2, 0) is 0 Å². The molecule has 2 nitrogen and oxygen atoms in total. The molecule has 2 spiro atoms. The summed E-state index contributed by atoms with van der Waals surface area (Å²) < 4.78 is 0. The number of hydrogen-bond acceptors (Lipinski definition) is 2. The lowest BCUT2D eigenvalue weighted by molar-refractivity contribution is -0.0783. The summed E-state index contributed by atoms with van der Waals surface area (Å²) in [4.78, 5) is 5.51. The quantitative estimate of drug-likeness (QED) is 0.764. The van der Waals surface area contributed by atoms with E-state index in [1.54, 1.807) is 0 Å². The van der Waals surface area contributed by atoms with E-state index in [2.05, 4.69) is 23.6 Å². The Labute approximate surface area is 131 Å². The molecule has 0 amide bonds. The van der Waals surface area contributed by atoms with E-state index in [1.807, 2.05) is 0 Å². The monoisotopic (exact) mass is 290 g/mol. The Morgan fingerprint density at radius 1 is 0.810 bits per heavy atom. The number of hydrogen-bond donors (Lipinski definition) is 0. The Hall–Kier alpha value is -0.0800. The van der Waals surface area contributed by atoms with Crippen LogP contribution in [0.2, 0.25) is 0 Å². The number of likely N-dealkylation sites (tertiary alicyclic amines) is 2. The molecule has 2 heterocycles. The Balaban J connectivity index is 1.24. The Morgan fingerprint density at radius 2 is 1.33 bits per heavy atom. The zero-order valence-electron chi connectivity index (χ0n) is 14.2. The lowest BCUT2D eigenvalue weighted by Crippen LogP contribution is -2.58. The Morgan fingerprint density at radius 3 is 1.86 bits per heavy atom. The van der Waals surface area contributed by atoms with Crippen LogP contribution in [0.5, 0.6) is 0 Å². The summed E-state index contributed by atoms with van der Waals surface area (Å²) in [6.45, 7) is 11.6. The van der Waals surface area contributed by atoms with Crippen molar-refractivity contribution in [2.45, 2.75) is 71.3 Å². The molecule has 21 heavy (non-hydrogen) atoms. The molecule has 4 fully saturated rings. The minimum absolute atomic E-state index is 0.760. The van der Waals surface area contributed by atoms with Crippen LogP contribution in [0.3, 0.4) is 0 Å². The van der Waals surface area contributed by atoms with Crippen LogP contribution >= 0.6 is 0 Å². The summed E-state index contributed by atoms with van der Waals surface area (Å²) in [5, 5.41) is 0. The van der Waals surface area contributed by atoms with Crippen LogP contribution in [-0.4, -0.2) is 48.6 Å². The van der Waals surface area contributed by atoms with Crippen LogP contribution in [0, 0.1) is 16.7 Å². The summed E-state index contributed by atoms with van der Waals surface area (Å²) in [6.07, 6.45) is 12.1. The highest BCUT2D eigenvalue weighted by Crippen LogP contribution is 2.55. The van der Waals surface area contributed by atoms with Gasteiger partial charge in [0.05, 0.1) is 0 Å². The van der Waals surface area contributed by atoms with Crippen LogP contribution in [0.15, 0.2) is 0 Å². The van der Waals surface area contributed by atoms with Gasteiger partial charge < -0.3 is 9.80 Å². The molecule has 0 N–H and O–H groups in total. The highest BCUT2D eigenvalue weighted by molar-refractivity contribution is 5.03. The maximum absolute atomic E-state index is 2.87. The predicted octanol–water partition coefficient (Wildman–Crippen LogP) is 3.76. The molecule has 0 aromatic rings. The van der Waals surface area contributed by atoms with Gasteiger partial charge in [0.25, 0.3) is 0 Å². The average molecular weight is 290 g/mol. The van der Waals surface area contributed by atoms with Crippen molar-refractivity contribution >= 4 is 0 Å². The predicted molar refractivity (Wildman–Crippen MR) is 88.4 cm³/mol. The zero-order chi connectivity index (χ0) is 14.5. The molecule has 0 atom stereocenters. The molecule has 2 aliphatic carbocycles. The fraction of sp³-hybridized carbons (Fsp3) is 1.00. The summed E-state index contributed by atoms with van der Waals surface area (Å²) in [6, 6.07) is 0.952. The maximum atomic E-state index is 2.87. The van der Waals surface area contributed by atoms with E-state index >= 15 is 0 Å². The SMILES string of the molecule is CCN1CCC2(CC1)CC(N1CCC3(CC1)CC(C)C3)C2. The summed E-state index contributed by atoms with van der Waals surface area (Å²) in [5.74, 6) is 1.02. The van der Waals surface area contributed by atoms with Gasteiger partial charge in [0, 0.05) is 6.04 Å². The second-order valence-electron chi connectivity index (χ2n) is 9.05. The van der Waals surface area contributed by atoms with E-state index in [-0.39, 0.29) is 0 Å². The lowest BCUT2D eigenvalue weighted by atomic mass is 9.56. The first-order chi connectivity index (χ1) is 10.1. The molecular weight excluding hydrogens is 256 g/mol. The van der Waals surface area contributed by atoms with E-state index < -0.39 is 0 Å². The highest BCUT2D eigenvalue weighted by Gasteiger charge is 2.50. The molecule has 0 radical (unpaired) electrons. The molecule has 0 aromatic heterocycles. The van der Waals surface area contributed by atoms with Gasteiger partial charge in [-0.15, -0.1) is 0 Å². The van der Waals surface area contributed by atoms with E-state index in [0.29, 0.717) is 0 Å². The van der Waals surface area contributed by atoms with Gasteiger partial charge in [-0.05, 0) is 101 Å². The molecule has 4 aliphatic rings. The summed E-state index contributed by atoms with van der Waals surface area (Å²) in [7, 11) is 0. The molecular formula is C19H34N2. The van der Waals surface area contributed by atoms with Gasteiger partial charge in [-0.25, -0.2) is 0 Å². The van der Waals surface area contributed by atoms with Gasteiger partial charge in [-0.2, -0.15) is 0 Å². The third-order valence-corrected chi connectivity index (χ3v) is 7.64. The summed E-state index contributed by atoms with van der Waals surface area (Å²) in [5.41, 5.74) is 1.56. The molecule has 0 unspecified atom stereocenters. The first-order valence-electron chi connectivity index (χ1n) is 9.59. The van der Waals surface area contributed by atoms with Crippen molar-refractivity contribution in [3.8, 4) is 0 Å². The van der Waals surface area contributed by atoms with Gasteiger partial charge in [0.15, 0.2) is 0 Å². The first-order valence-corrected chi connectivity index (χ1v) is 9.59. The fourth-order valence-electron chi connectivity index (χ4n) is 6.14. The van der Waals surface area contributed by atoms with Gasteiger partial charge in [0.2, 0.25) is 0 Å². The van der Waals surface area contributed by atoms with Gasteiger partial charge >= 0.3 is 0 Å². The van der Waals surface area contributed by atoms with E-state index in [4.69, 9.17) is 0 Å². The molecule has 2 saturated carbocycles. The van der Waals surface area contributed by atoms with Gasteiger partial charge in [-0.3, -0.25) is 0 Å². The third kappa shape index (κ3) is 2.57. The average Bonchev–Trinajstić information content (AvgIpc) is 2.44. The standard InChI is InChI=1S/C19H34N2/c1-3-20-8-4-19(5-9-20)14-17(15-19)21-10-6-18(7-11-21)12-16(2)13-18/h16-17H,3-15H2,1-2H3. The molecule has 2 aliphatic heterocycles. The molecule has 2 saturated heterocycles. The van der Waals surface area contributed by atoms with Crippen LogP contribution in [0.4, 0.5) is 0 Å². The smallest absolute Gasteiger partial charge is 0.0106 e. The zero-order valence-corrected chi connectivity index (χ0v) is 14.2. The molecule has 4 rings (SSSR count). The molecule has 2 heteroatoms. The van der Waals surface area contributed by atoms with Crippen molar-refractivity contribution in [3.63, 3.8) is 0 Å². The van der Waals surface area contributed by atoms with Crippen molar-refractivity contribution in [1.82, 2.24) is 9.80 Å². The van der Waals surface area contributed by atoms with Crippen LogP contribution in [0.25, 0.3) is 0 Å². The van der Waals surface area contributed by atoms with E-state index in [9.17, 15) is 0 Å². The van der Waals surface area contributed by atoms with Gasteiger partial charge in [0.1, 0.15) is 0 Å². The van der Waals surface area contributed by atoms with Crippen molar-refractivity contribution < 1.29 is 0 Å². The lowest BCUT2D eigenvalue weighted by Gasteiger charge is -2.58. The maximum Gasteiger partial charge on any atom is 0.0106 e. The summed E-state index contributed by atoms with van der Waals surface area (Å²) >= 11 is 0. The van der Waals surface area contributed by atoms with Crippen molar-refractivity contribution in [1.29, 1.82) is 0 Å². The number of piperidine rings is 2. The molecule has 0 bridgehead atoms. The van der Waals surface area contributed by atoms with Gasteiger partial charge in [-0.1, -0.05) is 13.8 Å². The van der Waals surface area contributed by atoms with Crippen molar-refractivity contribution in [3.05, 3.63) is 0 Å². The van der Waals surface area contributed by atoms with E-state index in [0.717, 1.165) is 22.8 Å². The fourth-order valence-corrected chi connectivity index (χ4v) is 6.14. The largest absolute Gasteiger partial charge is 0.304 e. The van der Waals surface area contributed by atoms with E-state index in [1.165, 1.54) is 84.1 Å². The first kappa shape index (κ1) is 14.5. The molecule has 120 valence electrons. The van der Waals surface area contributed by atoms with Crippen molar-refractivity contribution in [2.75, 3.05) is 32.7 Å².